The van der Waals surface area contributed by atoms with E-state index in [1.807, 2.05) is 30.3 Å². The highest BCUT2D eigenvalue weighted by Gasteiger charge is 2.31. The van der Waals surface area contributed by atoms with Crippen molar-refractivity contribution in [1.29, 1.82) is 0 Å². The van der Waals surface area contributed by atoms with Crippen LogP contribution in [0.15, 0.2) is 77.3 Å². The lowest BCUT2D eigenvalue weighted by Gasteiger charge is -2.44. The summed E-state index contributed by atoms with van der Waals surface area (Å²) in [5, 5.41) is 1.07. The van der Waals surface area contributed by atoms with Crippen molar-refractivity contribution in [1.82, 2.24) is 9.88 Å². The van der Waals surface area contributed by atoms with Crippen LogP contribution < -0.4 is 9.64 Å². The predicted octanol–water partition coefficient (Wildman–Crippen LogP) is 6.74. The minimum Gasteiger partial charge on any atom is -0.487 e. The molecule has 33 heavy (non-hydrogen) atoms. The van der Waals surface area contributed by atoms with Crippen molar-refractivity contribution >= 4 is 42.6 Å². The summed E-state index contributed by atoms with van der Waals surface area (Å²) in [5.74, 6) is 0.893. The summed E-state index contributed by atoms with van der Waals surface area (Å²) in [6.07, 6.45) is 0. The van der Waals surface area contributed by atoms with Crippen LogP contribution in [0.5, 0.6) is 5.75 Å². The third kappa shape index (κ3) is 4.93. The molecule has 5 rings (SSSR count). The number of thiazole rings is 1. The lowest BCUT2D eigenvalue weighted by Crippen LogP contribution is -2.56. The predicted molar refractivity (Wildman–Crippen MR) is 141 cm³/mol. The molecule has 3 aromatic carbocycles. The van der Waals surface area contributed by atoms with Gasteiger partial charge in [-0.2, -0.15) is 0 Å². The van der Waals surface area contributed by atoms with E-state index in [0.717, 1.165) is 50.8 Å². The van der Waals surface area contributed by atoms with Gasteiger partial charge in [-0.25, -0.2) is 4.98 Å². The molecule has 0 bridgehead atoms. The number of anilines is 1. The Kier molecular flexibility index (Phi) is 6.67. The highest BCUT2D eigenvalue weighted by molar-refractivity contribution is 9.10. The number of benzene rings is 3. The zero-order valence-corrected chi connectivity index (χ0v) is 21.3. The molecule has 0 aliphatic carbocycles. The van der Waals surface area contributed by atoms with Crippen LogP contribution in [0.4, 0.5) is 5.13 Å². The smallest absolute Gasteiger partial charge is 0.186 e. The molecule has 1 aliphatic heterocycles. The van der Waals surface area contributed by atoms with Crippen LogP contribution >= 0.6 is 27.3 Å². The van der Waals surface area contributed by atoms with Gasteiger partial charge in [0.25, 0.3) is 0 Å². The number of piperazine rings is 1. The van der Waals surface area contributed by atoms with E-state index in [1.165, 1.54) is 5.56 Å². The standard InChI is InChI=1S/C27H28BrN3OS/c1-19-15-30(16-20(2)31(19)17-21-9-5-3-6-10-21)27-29-25-23(28)13-14-24(26(25)33-27)32-18-22-11-7-4-8-12-22/h3-14,19-20H,15-18H2,1-2H3/t19-,20+. The highest BCUT2D eigenvalue weighted by Crippen LogP contribution is 2.40. The Morgan fingerprint density at radius 2 is 1.55 bits per heavy atom. The number of ether oxygens (including phenoxy) is 1. The molecule has 2 atom stereocenters. The lowest BCUT2D eigenvalue weighted by atomic mass is 10.1. The third-order valence-electron chi connectivity index (χ3n) is 6.26. The monoisotopic (exact) mass is 521 g/mol. The summed E-state index contributed by atoms with van der Waals surface area (Å²) in [4.78, 5) is 10.1. The van der Waals surface area contributed by atoms with Gasteiger partial charge in [0.05, 0.1) is 4.70 Å². The van der Waals surface area contributed by atoms with Crippen LogP contribution in [-0.2, 0) is 13.2 Å². The molecular formula is C27H28BrN3OS. The van der Waals surface area contributed by atoms with Crippen LogP contribution in [0.1, 0.15) is 25.0 Å². The molecule has 4 aromatic rings. The van der Waals surface area contributed by atoms with E-state index in [4.69, 9.17) is 9.72 Å². The number of fused-ring (bicyclic) bond motifs is 1. The van der Waals surface area contributed by atoms with Crippen molar-refractivity contribution in [3.63, 3.8) is 0 Å². The zero-order chi connectivity index (χ0) is 22.8. The second-order valence-corrected chi connectivity index (χ2v) is 10.6. The molecule has 2 heterocycles. The van der Waals surface area contributed by atoms with Gasteiger partial charge in [-0.15, -0.1) is 0 Å². The van der Waals surface area contributed by atoms with Crippen LogP contribution in [0.3, 0.4) is 0 Å². The highest BCUT2D eigenvalue weighted by atomic mass is 79.9. The summed E-state index contributed by atoms with van der Waals surface area (Å²) in [7, 11) is 0. The van der Waals surface area contributed by atoms with Crippen molar-refractivity contribution in [3.8, 4) is 5.75 Å². The summed E-state index contributed by atoms with van der Waals surface area (Å²) >= 11 is 5.43. The van der Waals surface area contributed by atoms with Gasteiger partial charge in [0.2, 0.25) is 0 Å². The first-order valence-electron chi connectivity index (χ1n) is 11.4. The Morgan fingerprint density at radius 1 is 0.909 bits per heavy atom. The number of aromatic nitrogens is 1. The second kappa shape index (κ2) is 9.84. The second-order valence-electron chi connectivity index (χ2n) is 8.75. The molecule has 170 valence electrons. The normalized spacial score (nSPS) is 19.2. The van der Waals surface area contributed by atoms with E-state index in [1.54, 1.807) is 11.3 Å². The average molecular weight is 523 g/mol. The number of hydrogen-bond acceptors (Lipinski definition) is 5. The fourth-order valence-electron chi connectivity index (χ4n) is 4.54. The molecular weight excluding hydrogens is 494 g/mol. The molecule has 0 amide bonds. The van der Waals surface area contributed by atoms with Gasteiger partial charge in [0, 0.05) is 36.2 Å². The number of rotatable bonds is 6. The van der Waals surface area contributed by atoms with Gasteiger partial charge in [-0.3, -0.25) is 4.90 Å². The molecule has 4 nitrogen and oxygen atoms in total. The Labute approximate surface area is 208 Å². The molecule has 0 unspecified atom stereocenters. The molecule has 1 fully saturated rings. The minimum absolute atomic E-state index is 0.443. The Morgan fingerprint density at radius 3 is 2.21 bits per heavy atom. The van der Waals surface area contributed by atoms with Crippen LogP contribution in [-0.4, -0.2) is 35.1 Å². The quantitative estimate of drug-likeness (QED) is 0.281. The van der Waals surface area contributed by atoms with E-state index in [2.05, 4.69) is 82.0 Å². The van der Waals surface area contributed by atoms with Gasteiger partial charge < -0.3 is 9.64 Å². The Bertz CT molecular complexity index is 1200. The van der Waals surface area contributed by atoms with Crippen LogP contribution in [0, 0.1) is 0 Å². The third-order valence-corrected chi connectivity index (χ3v) is 8.03. The summed E-state index contributed by atoms with van der Waals surface area (Å²) in [6, 6.07) is 26.0. The average Bonchev–Trinajstić information content (AvgIpc) is 3.29. The first kappa shape index (κ1) is 22.4. The largest absolute Gasteiger partial charge is 0.487 e. The summed E-state index contributed by atoms with van der Waals surface area (Å²) in [6.45, 7) is 8.12. The number of halogens is 1. The molecule has 6 heteroatoms. The van der Waals surface area contributed by atoms with Crippen molar-refractivity contribution in [3.05, 3.63) is 88.4 Å². The fourth-order valence-corrected chi connectivity index (χ4v) is 6.17. The van der Waals surface area contributed by atoms with E-state index >= 15 is 0 Å². The van der Waals surface area contributed by atoms with Gasteiger partial charge in [-0.1, -0.05) is 72.0 Å². The summed E-state index contributed by atoms with van der Waals surface area (Å²) in [5.41, 5.74) is 3.51. The number of nitrogens with zero attached hydrogens (tertiary/aromatic N) is 3. The Balaban J connectivity index is 1.35. The van der Waals surface area contributed by atoms with Crippen molar-refractivity contribution in [2.45, 2.75) is 39.1 Å². The minimum atomic E-state index is 0.443. The fraction of sp³-hybridized carbons (Fsp3) is 0.296. The molecule has 1 saturated heterocycles. The topological polar surface area (TPSA) is 28.6 Å². The van der Waals surface area contributed by atoms with Crippen molar-refractivity contribution in [2.75, 3.05) is 18.0 Å². The van der Waals surface area contributed by atoms with Gasteiger partial charge in [-0.05, 0) is 53.0 Å². The van der Waals surface area contributed by atoms with Crippen molar-refractivity contribution < 1.29 is 4.74 Å². The molecule has 0 radical (unpaired) electrons. The molecule has 0 N–H and O–H groups in total. The zero-order valence-electron chi connectivity index (χ0n) is 18.9. The molecule has 1 aromatic heterocycles. The SMILES string of the molecule is C[C@@H]1CN(c2nc3c(Br)ccc(OCc4ccccc4)c3s2)C[C@H](C)N1Cc1ccccc1. The maximum atomic E-state index is 6.21. The van der Waals surface area contributed by atoms with E-state index in [9.17, 15) is 0 Å². The summed E-state index contributed by atoms with van der Waals surface area (Å²) < 4.78 is 8.32. The maximum absolute atomic E-state index is 6.21. The first-order chi connectivity index (χ1) is 16.1. The van der Waals surface area contributed by atoms with E-state index in [-0.39, 0.29) is 0 Å². The van der Waals surface area contributed by atoms with Crippen molar-refractivity contribution in [2.24, 2.45) is 0 Å². The molecule has 0 spiro atoms. The molecule has 1 aliphatic rings. The van der Waals surface area contributed by atoms with Crippen LogP contribution in [0.25, 0.3) is 10.2 Å². The number of hydrogen-bond donors (Lipinski definition) is 0. The van der Waals surface area contributed by atoms with Gasteiger partial charge in [0.1, 0.15) is 17.9 Å². The van der Waals surface area contributed by atoms with Gasteiger partial charge >= 0.3 is 0 Å². The first-order valence-corrected chi connectivity index (χ1v) is 13.0. The van der Waals surface area contributed by atoms with Crippen LogP contribution in [0.2, 0.25) is 0 Å². The maximum Gasteiger partial charge on any atom is 0.186 e. The molecule has 0 saturated carbocycles. The van der Waals surface area contributed by atoms with E-state index in [0.29, 0.717) is 18.7 Å². The Hall–Kier alpha value is -2.41. The lowest BCUT2D eigenvalue weighted by molar-refractivity contribution is 0.123. The van der Waals surface area contributed by atoms with E-state index < -0.39 is 0 Å². The van der Waals surface area contributed by atoms with Gasteiger partial charge in [0.15, 0.2) is 5.13 Å².